The van der Waals surface area contributed by atoms with E-state index in [-0.39, 0.29) is 32.1 Å². The quantitative estimate of drug-likeness (QED) is 0.0613. The number of hydrogen-bond donors (Lipinski definition) is 2. The molecule has 2 aliphatic rings. The van der Waals surface area contributed by atoms with Crippen molar-refractivity contribution < 1.29 is 86.3 Å². The average molecular weight is 864 g/mol. The van der Waals surface area contributed by atoms with Crippen LogP contribution in [0, 0.1) is 17.8 Å². The lowest BCUT2D eigenvalue weighted by atomic mass is 9.70. The molecule has 2 N–H and O–H groups in total. The summed E-state index contributed by atoms with van der Waals surface area (Å²) < 4.78 is 59.9. The highest BCUT2D eigenvalue weighted by atomic mass is 16.7. The number of hydrogen-bond acceptors (Lipinski definition) is 18. The second-order valence-electron chi connectivity index (χ2n) is 16.1. The van der Waals surface area contributed by atoms with Gasteiger partial charge in [-0.1, -0.05) is 20.8 Å². The van der Waals surface area contributed by atoms with Crippen LogP contribution < -0.4 is 0 Å². The Labute approximate surface area is 353 Å². The van der Waals surface area contributed by atoms with Crippen molar-refractivity contribution >= 4 is 36.1 Å². The molecule has 0 aromatic rings. The summed E-state index contributed by atoms with van der Waals surface area (Å²) in [5, 5.41) is 21.6. The van der Waals surface area contributed by atoms with Gasteiger partial charge >= 0.3 is 29.8 Å². The fourth-order valence-corrected chi connectivity index (χ4v) is 8.46. The van der Waals surface area contributed by atoms with E-state index in [4.69, 9.17) is 47.4 Å². The van der Waals surface area contributed by atoms with Gasteiger partial charge in [0.25, 0.3) is 0 Å². The van der Waals surface area contributed by atoms with Crippen LogP contribution in [0.1, 0.15) is 93.9 Å². The van der Waals surface area contributed by atoms with Crippen LogP contribution in [0.5, 0.6) is 0 Å². The van der Waals surface area contributed by atoms with Gasteiger partial charge in [-0.3, -0.25) is 28.8 Å². The summed E-state index contributed by atoms with van der Waals surface area (Å²) in [6.45, 7) is 12.2. The highest BCUT2D eigenvalue weighted by Crippen LogP contribution is 2.43. The number of carboxylic acid groups (broad SMARTS) is 1. The van der Waals surface area contributed by atoms with Gasteiger partial charge in [0.15, 0.2) is 31.1 Å². The van der Waals surface area contributed by atoms with Crippen molar-refractivity contribution in [3.05, 3.63) is 0 Å². The Bertz CT molecular complexity index is 1410. The van der Waals surface area contributed by atoms with E-state index in [0.717, 1.165) is 0 Å². The first-order chi connectivity index (χ1) is 28.1. The van der Waals surface area contributed by atoms with Crippen LogP contribution in [0.15, 0.2) is 0 Å². The van der Waals surface area contributed by atoms with E-state index in [1.54, 1.807) is 53.6 Å². The molecule has 0 spiro atoms. The normalized spacial score (nSPS) is 30.0. The van der Waals surface area contributed by atoms with Crippen LogP contribution in [0.2, 0.25) is 0 Å². The minimum atomic E-state index is -1.56. The van der Waals surface area contributed by atoms with E-state index >= 15 is 0 Å². The van der Waals surface area contributed by atoms with Gasteiger partial charge in [-0.2, -0.15) is 0 Å². The van der Waals surface area contributed by atoms with Crippen molar-refractivity contribution in [3.8, 4) is 0 Å². The molecule has 2 fully saturated rings. The van der Waals surface area contributed by atoms with Crippen LogP contribution in [0.25, 0.3) is 0 Å². The minimum absolute atomic E-state index is 0.0648. The number of aliphatic carboxylic acids is 1. The summed E-state index contributed by atoms with van der Waals surface area (Å²) in [5.74, 6) is -6.30. The van der Waals surface area contributed by atoms with Gasteiger partial charge in [0.2, 0.25) is 0 Å². The zero-order valence-corrected chi connectivity index (χ0v) is 37.4. The number of carboxylic acids is 1. The monoisotopic (exact) mass is 863 g/mol. The molecule has 0 aliphatic carbocycles. The summed E-state index contributed by atoms with van der Waals surface area (Å²) in [5.41, 5.74) is -1.56. The van der Waals surface area contributed by atoms with E-state index in [1.165, 1.54) is 42.1 Å². The fourth-order valence-electron chi connectivity index (χ4n) is 8.46. The second-order valence-corrected chi connectivity index (χ2v) is 16.1. The van der Waals surface area contributed by atoms with Gasteiger partial charge in [0.05, 0.1) is 24.7 Å². The Hall–Kier alpha value is -3.30. The first kappa shape index (κ1) is 52.8. The van der Waals surface area contributed by atoms with Crippen molar-refractivity contribution in [2.75, 3.05) is 35.4 Å². The molecule has 2 aliphatic heterocycles. The molecule has 19 nitrogen and oxygen atoms in total. The zero-order valence-electron chi connectivity index (χ0n) is 37.4. The fraction of sp³-hybridized carbons (Fsp3) is 0.854. The van der Waals surface area contributed by atoms with E-state index in [1.807, 2.05) is 0 Å². The maximum atomic E-state index is 13.1. The number of nitrogens with zero attached hydrogens (tertiary/aromatic N) is 1. The number of esters is 4. The van der Waals surface area contributed by atoms with Gasteiger partial charge in [-0.05, 0) is 47.2 Å². The number of likely N-dealkylation sites (N-methyl/N-ethyl adjacent to an activating group) is 1. The maximum Gasteiger partial charge on any atom is 0.307 e. The lowest BCUT2D eigenvalue weighted by Gasteiger charge is -2.53. The third kappa shape index (κ3) is 14.7. The second kappa shape index (κ2) is 24.4. The molecule has 60 heavy (non-hydrogen) atoms. The predicted molar refractivity (Wildman–Crippen MR) is 210 cm³/mol. The Kier molecular flexibility index (Phi) is 21.5. The van der Waals surface area contributed by atoms with Gasteiger partial charge in [0, 0.05) is 72.7 Å². The van der Waals surface area contributed by atoms with Crippen molar-refractivity contribution in [1.82, 2.24) is 4.90 Å². The molecule has 0 saturated carbocycles. The summed E-state index contributed by atoms with van der Waals surface area (Å²) in [7, 11) is 7.66. The highest BCUT2D eigenvalue weighted by molar-refractivity contribution is 5.72. The number of methoxy groups -OCH3 is 3. The molecule has 346 valence electrons. The van der Waals surface area contributed by atoms with Crippen molar-refractivity contribution in [2.45, 2.75) is 173 Å². The maximum absolute atomic E-state index is 13.1. The van der Waals surface area contributed by atoms with Gasteiger partial charge in [0.1, 0.15) is 36.1 Å². The lowest BCUT2D eigenvalue weighted by Crippen LogP contribution is -2.68. The third-order valence-electron chi connectivity index (χ3n) is 11.2. The standard InChI is InChI=1S/C41H69NO18/c1-14-30(48)58-27(18-29(46)47)37(53-13)34(26(17-32(51-11)52-12)16-21(3)28(20-43)56-24(6)44)38-39(57-25(7)45)35(42(9)10)36(22(4)55-38)60-33-19-41(8,50)40(23(5)54-33)59-31(49)15-2/h20-23,26-28,32-40,50H,14-19H2,1-13H3,(H,46,47)/t21-,22-,23+,26-,27-,28+,33+,34+,35+,36-,37-,38+,39-,40+,41-/m1/s1. The molecule has 0 unspecified atom stereocenters. The molecule has 0 amide bonds. The van der Waals surface area contributed by atoms with E-state index in [2.05, 4.69) is 0 Å². The Morgan fingerprint density at radius 3 is 1.95 bits per heavy atom. The Balaban J connectivity index is 2.88. The van der Waals surface area contributed by atoms with E-state index < -0.39 is 133 Å². The van der Waals surface area contributed by atoms with E-state index in [9.17, 15) is 39.0 Å². The average Bonchev–Trinajstić information content (AvgIpc) is 3.15. The topological polar surface area (TPSA) is 238 Å². The Morgan fingerprint density at radius 2 is 1.48 bits per heavy atom. The van der Waals surface area contributed by atoms with Crippen LogP contribution in [-0.4, -0.2) is 166 Å². The van der Waals surface area contributed by atoms with Crippen LogP contribution in [-0.2, 0) is 76.1 Å². The number of rotatable bonds is 24. The first-order valence-electron chi connectivity index (χ1n) is 20.4. The number of carbonyl (C=O) groups is 6. The number of aliphatic hydroxyl groups is 1. The summed E-state index contributed by atoms with van der Waals surface area (Å²) in [6.07, 6.45) is -11.8. The molecule has 0 bridgehead atoms. The van der Waals surface area contributed by atoms with Crippen molar-refractivity contribution in [3.63, 3.8) is 0 Å². The molecule has 0 aromatic carbocycles. The van der Waals surface area contributed by atoms with Gasteiger partial charge in [-0.15, -0.1) is 0 Å². The van der Waals surface area contributed by atoms with Crippen molar-refractivity contribution in [1.29, 1.82) is 0 Å². The molecule has 2 saturated heterocycles. The third-order valence-corrected chi connectivity index (χ3v) is 11.2. The number of aldehydes is 1. The lowest BCUT2D eigenvalue weighted by molar-refractivity contribution is -0.319. The van der Waals surface area contributed by atoms with Gasteiger partial charge in [-0.25, -0.2) is 0 Å². The molecule has 0 aromatic heterocycles. The van der Waals surface area contributed by atoms with Crippen LogP contribution in [0.3, 0.4) is 0 Å². The van der Waals surface area contributed by atoms with Crippen LogP contribution in [0.4, 0.5) is 0 Å². The molecule has 2 heterocycles. The highest BCUT2D eigenvalue weighted by Gasteiger charge is 2.57. The number of ether oxygens (including phenoxy) is 10. The Morgan fingerprint density at radius 1 is 0.867 bits per heavy atom. The SMILES string of the molecule is CCC(=O)O[C@H](CC(=O)O)[C@@H](OC)[C@H]([C@@H](CC(OC)OC)C[C@@H](C)[C@H](C=O)OC(C)=O)[C@@H]1O[C@H](C)[C@@H](O[C@H]2C[C@@](C)(O)[C@@H](OC(=O)CC)[C@H](C)O2)[C@H](N(C)C)[C@H]1OC(C)=O. The summed E-state index contributed by atoms with van der Waals surface area (Å²) >= 11 is 0. The molecular formula is C41H69NO18. The molecule has 2 rings (SSSR count). The summed E-state index contributed by atoms with van der Waals surface area (Å²) in [6, 6.07) is -0.819. The first-order valence-corrected chi connectivity index (χ1v) is 20.4. The van der Waals surface area contributed by atoms with Gasteiger partial charge < -0.3 is 62.5 Å². The minimum Gasteiger partial charge on any atom is -0.481 e. The molecular weight excluding hydrogens is 794 g/mol. The predicted octanol–water partition coefficient (Wildman–Crippen LogP) is 2.44. The molecule has 19 heteroatoms. The largest absolute Gasteiger partial charge is 0.481 e. The molecule has 15 atom stereocenters. The summed E-state index contributed by atoms with van der Waals surface area (Å²) in [4.78, 5) is 76.7. The smallest absolute Gasteiger partial charge is 0.307 e. The number of carbonyl (C=O) groups excluding carboxylic acids is 5. The van der Waals surface area contributed by atoms with E-state index in [0.29, 0.717) is 6.29 Å². The van der Waals surface area contributed by atoms with Crippen LogP contribution >= 0.6 is 0 Å². The van der Waals surface area contributed by atoms with Crippen molar-refractivity contribution in [2.24, 2.45) is 17.8 Å². The molecule has 0 radical (unpaired) electrons. The zero-order chi connectivity index (χ0) is 45.6.